The fourth-order valence-electron chi connectivity index (χ4n) is 7.46. The molecule has 0 atom stereocenters. The van der Waals surface area contributed by atoms with E-state index in [2.05, 4.69) is 155 Å². The first-order chi connectivity index (χ1) is 22.9. The second-order valence-electron chi connectivity index (χ2n) is 11.8. The molecule has 1 aliphatic heterocycles. The summed E-state index contributed by atoms with van der Waals surface area (Å²) in [6.07, 6.45) is 1.89. The fourth-order valence-corrected chi connectivity index (χ4v) is 7.46. The molecule has 4 heteroatoms. The van der Waals surface area contributed by atoms with Crippen molar-refractivity contribution in [2.45, 2.75) is 0 Å². The minimum absolute atomic E-state index is 0.948. The molecule has 0 saturated heterocycles. The fraction of sp³-hybridized carbons (Fsp3) is 0. The van der Waals surface area contributed by atoms with E-state index in [0.29, 0.717) is 0 Å². The van der Waals surface area contributed by atoms with E-state index in [1.807, 2.05) is 12.3 Å². The SMILES string of the molecule is c1ccc(-c2nc3cccc4c3n2-c2ccccc2N4c2c3ccccc3c(-c3cccc4cccnc34)c3ccccc23)cc1. The number of fused-ring (bicyclic) bond motifs is 5. The Labute approximate surface area is 265 Å². The maximum Gasteiger partial charge on any atom is 0.145 e. The van der Waals surface area contributed by atoms with Crippen molar-refractivity contribution < 1.29 is 0 Å². The first kappa shape index (κ1) is 25.1. The Bertz CT molecular complexity index is 2590. The normalized spacial score (nSPS) is 12.3. The molecule has 46 heavy (non-hydrogen) atoms. The smallest absolute Gasteiger partial charge is 0.145 e. The van der Waals surface area contributed by atoms with Gasteiger partial charge in [-0.15, -0.1) is 0 Å². The molecule has 0 N–H and O–H groups in total. The third kappa shape index (κ3) is 3.44. The summed E-state index contributed by atoms with van der Waals surface area (Å²) in [5.74, 6) is 0.948. The monoisotopic (exact) mass is 586 g/mol. The molecule has 0 bridgehead atoms. The van der Waals surface area contributed by atoms with Gasteiger partial charge < -0.3 is 4.90 Å². The molecule has 9 aromatic rings. The molecule has 0 spiro atoms. The zero-order valence-corrected chi connectivity index (χ0v) is 24.8. The van der Waals surface area contributed by atoms with Crippen molar-refractivity contribution in [3.8, 4) is 28.2 Å². The van der Waals surface area contributed by atoms with Crippen LogP contribution >= 0.6 is 0 Å². The van der Waals surface area contributed by atoms with Gasteiger partial charge in [0.05, 0.1) is 39.3 Å². The molecule has 1 aliphatic rings. The highest BCUT2D eigenvalue weighted by Crippen LogP contribution is 2.53. The number of hydrogen-bond donors (Lipinski definition) is 0. The van der Waals surface area contributed by atoms with Crippen molar-refractivity contribution in [2.24, 2.45) is 0 Å². The average Bonchev–Trinajstić information content (AvgIpc) is 3.52. The van der Waals surface area contributed by atoms with Crippen LogP contribution in [0, 0.1) is 0 Å². The van der Waals surface area contributed by atoms with Crippen molar-refractivity contribution in [1.29, 1.82) is 0 Å². The molecule has 4 nitrogen and oxygen atoms in total. The minimum Gasteiger partial charge on any atom is -0.305 e. The van der Waals surface area contributed by atoms with Crippen LogP contribution in [0.5, 0.6) is 0 Å². The molecular formula is C42H26N4. The summed E-state index contributed by atoms with van der Waals surface area (Å²) in [5.41, 5.74) is 11.0. The Morgan fingerprint density at radius 2 is 1.11 bits per heavy atom. The van der Waals surface area contributed by atoms with Crippen molar-refractivity contribution in [2.75, 3.05) is 4.90 Å². The van der Waals surface area contributed by atoms with Gasteiger partial charge in [0.15, 0.2) is 0 Å². The van der Waals surface area contributed by atoms with Crippen LogP contribution in [0.3, 0.4) is 0 Å². The van der Waals surface area contributed by atoms with Crippen molar-refractivity contribution in [3.05, 3.63) is 158 Å². The third-order valence-corrected chi connectivity index (χ3v) is 9.32. The van der Waals surface area contributed by atoms with Crippen molar-refractivity contribution in [1.82, 2.24) is 14.5 Å². The molecule has 10 rings (SSSR count). The average molecular weight is 587 g/mol. The molecule has 2 aromatic heterocycles. The Morgan fingerprint density at radius 1 is 0.478 bits per heavy atom. The van der Waals surface area contributed by atoms with E-state index in [1.54, 1.807) is 0 Å². The summed E-state index contributed by atoms with van der Waals surface area (Å²) in [7, 11) is 0. The predicted molar refractivity (Wildman–Crippen MR) is 190 cm³/mol. The summed E-state index contributed by atoms with van der Waals surface area (Å²) < 4.78 is 2.34. The van der Waals surface area contributed by atoms with Crippen LogP contribution in [0.4, 0.5) is 17.1 Å². The van der Waals surface area contributed by atoms with Gasteiger partial charge in [0.1, 0.15) is 5.82 Å². The van der Waals surface area contributed by atoms with Crippen LogP contribution in [0.25, 0.3) is 71.7 Å². The Balaban J connectivity index is 1.35. The second-order valence-corrected chi connectivity index (χ2v) is 11.8. The maximum absolute atomic E-state index is 5.22. The van der Waals surface area contributed by atoms with Gasteiger partial charge in [-0.2, -0.15) is 0 Å². The molecule has 0 amide bonds. The quantitative estimate of drug-likeness (QED) is 0.193. The topological polar surface area (TPSA) is 34.0 Å². The van der Waals surface area contributed by atoms with Gasteiger partial charge in [0.2, 0.25) is 0 Å². The number of aromatic nitrogens is 3. The van der Waals surface area contributed by atoms with Crippen LogP contribution in [0.15, 0.2) is 158 Å². The number of imidazole rings is 1. The summed E-state index contributed by atoms with van der Waals surface area (Å²) in [6.45, 7) is 0. The molecule has 7 aromatic carbocycles. The highest BCUT2D eigenvalue weighted by molar-refractivity contribution is 6.25. The van der Waals surface area contributed by atoms with Gasteiger partial charge in [-0.25, -0.2) is 4.98 Å². The van der Waals surface area contributed by atoms with E-state index in [1.165, 1.54) is 27.1 Å². The zero-order chi connectivity index (χ0) is 30.2. The molecule has 0 radical (unpaired) electrons. The first-order valence-electron chi connectivity index (χ1n) is 15.6. The molecule has 214 valence electrons. The Kier molecular flexibility index (Phi) is 5.25. The maximum atomic E-state index is 5.22. The molecule has 0 fully saturated rings. The van der Waals surface area contributed by atoms with Gasteiger partial charge in [-0.1, -0.05) is 121 Å². The number of para-hydroxylation sites is 4. The largest absolute Gasteiger partial charge is 0.305 e. The summed E-state index contributed by atoms with van der Waals surface area (Å²) in [6, 6.07) is 54.0. The summed E-state index contributed by atoms with van der Waals surface area (Å²) >= 11 is 0. The Hall–Kier alpha value is -6.26. The van der Waals surface area contributed by atoms with E-state index >= 15 is 0 Å². The predicted octanol–water partition coefficient (Wildman–Crippen LogP) is 11.0. The van der Waals surface area contributed by atoms with Crippen LogP contribution in [-0.4, -0.2) is 14.5 Å². The minimum atomic E-state index is 0.948. The van der Waals surface area contributed by atoms with E-state index in [-0.39, 0.29) is 0 Å². The lowest BCUT2D eigenvalue weighted by molar-refractivity contribution is 1.07. The Morgan fingerprint density at radius 3 is 1.89 bits per heavy atom. The lowest BCUT2D eigenvalue weighted by Gasteiger charge is -2.35. The number of benzene rings is 7. The van der Waals surface area contributed by atoms with Gasteiger partial charge in [-0.05, 0) is 46.7 Å². The third-order valence-electron chi connectivity index (χ3n) is 9.32. The van der Waals surface area contributed by atoms with Gasteiger partial charge in [-0.3, -0.25) is 9.55 Å². The van der Waals surface area contributed by atoms with Crippen LogP contribution in [-0.2, 0) is 0 Å². The van der Waals surface area contributed by atoms with Crippen molar-refractivity contribution >= 4 is 60.5 Å². The van der Waals surface area contributed by atoms with Crippen LogP contribution in [0.2, 0.25) is 0 Å². The lowest BCUT2D eigenvalue weighted by atomic mass is 9.88. The number of nitrogens with zero attached hydrogens (tertiary/aromatic N) is 4. The number of rotatable bonds is 3. The molecule has 3 heterocycles. The summed E-state index contributed by atoms with van der Waals surface area (Å²) in [4.78, 5) is 12.6. The standard InChI is InChI=1S/C42H26N4/c1-2-13-28(14-3-1)42-44-34-22-11-25-37-41(34)46(42)36-24-9-8-23-35(36)45(37)40-31-19-6-4-17-29(31)38(30-18-5-7-20-32(30)40)33-21-10-15-27-16-12-26-43-39(27)33/h1-26H. The second kappa shape index (κ2) is 9.62. The molecule has 0 unspecified atom stereocenters. The van der Waals surface area contributed by atoms with Gasteiger partial charge in [0.25, 0.3) is 0 Å². The van der Waals surface area contributed by atoms with Gasteiger partial charge in [0, 0.05) is 33.5 Å². The zero-order valence-electron chi connectivity index (χ0n) is 24.8. The first-order valence-corrected chi connectivity index (χ1v) is 15.6. The van der Waals surface area contributed by atoms with Crippen LogP contribution < -0.4 is 4.90 Å². The van der Waals surface area contributed by atoms with Crippen molar-refractivity contribution in [3.63, 3.8) is 0 Å². The van der Waals surface area contributed by atoms with E-state index < -0.39 is 0 Å². The number of anilines is 3. The van der Waals surface area contributed by atoms with E-state index in [9.17, 15) is 0 Å². The number of pyridine rings is 1. The number of hydrogen-bond acceptors (Lipinski definition) is 3. The van der Waals surface area contributed by atoms with E-state index in [4.69, 9.17) is 9.97 Å². The van der Waals surface area contributed by atoms with Gasteiger partial charge >= 0.3 is 0 Å². The van der Waals surface area contributed by atoms with E-state index in [0.717, 1.165) is 61.6 Å². The highest BCUT2D eigenvalue weighted by atomic mass is 15.2. The summed E-state index contributed by atoms with van der Waals surface area (Å²) in [5, 5.41) is 5.90. The highest BCUT2D eigenvalue weighted by Gasteiger charge is 2.31. The molecule has 0 saturated carbocycles. The molecule has 0 aliphatic carbocycles. The molecular weight excluding hydrogens is 560 g/mol. The van der Waals surface area contributed by atoms with Crippen LogP contribution in [0.1, 0.15) is 0 Å². The lowest BCUT2D eigenvalue weighted by Crippen LogP contribution is -2.19.